The minimum atomic E-state index is 0.0347. The average Bonchev–Trinajstić information content (AvgIpc) is 3.13. The van der Waals surface area contributed by atoms with E-state index in [1.165, 1.54) is 0 Å². The number of benzene rings is 2. The maximum Gasteiger partial charge on any atom is 0.225 e. The van der Waals surface area contributed by atoms with Crippen molar-refractivity contribution in [2.75, 3.05) is 51.2 Å². The largest absolute Gasteiger partial charge is 0.492 e. The average molecular weight is 448 g/mol. The van der Waals surface area contributed by atoms with Crippen molar-refractivity contribution in [3.63, 3.8) is 0 Å². The Labute approximate surface area is 196 Å². The van der Waals surface area contributed by atoms with Gasteiger partial charge in [-0.3, -0.25) is 9.69 Å². The first-order valence-electron chi connectivity index (χ1n) is 11.6. The molecule has 33 heavy (non-hydrogen) atoms. The van der Waals surface area contributed by atoms with Gasteiger partial charge in [0.25, 0.3) is 0 Å². The third-order valence-corrected chi connectivity index (χ3v) is 6.10. The Morgan fingerprint density at radius 3 is 2.18 bits per heavy atom. The molecule has 7 nitrogen and oxygen atoms in total. The van der Waals surface area contributed by atoms with Crippen LogP contribution in [0.3, 0.4) is 0 Å². The normalized spacial score (nSPS) is 14.8. The van der Waals surface area contributed by atoms with Crippen LogP contribution in [0.1, 0.15) is 17.8 Å². The fraction of sp³-hybridized carbons (Fsp3) is 0.385. The summed E-state index contributed by atoms with van der Waals surface area (Å²) in [6, 6.07) is 19.9. The summed E-state index contributed by atoms with van der Waals surface area (Å²) in [6.45, 7) is 10.3. The predicted molar refractivity (Wildman–Crippen MR) is 131 cm³/mol. The van der Waals surface area contributed by atoms with Crippen molar-refractivity contribution in [2.45, 2.75) is 20.3 Å². The van der Waals surface area contributed by atoms with Gasteiger partial charge in [0.1, 0.15) is 12.4 Å². The first-order chi connectivity index (χ1) is 16.1. The molecule has 0 atom stereocenters. The smallest absolute Gasteiger partial charge is 0.225 e. The van der Waals surface area contributed by atoms with Crippen LogP contribution in [0.2, 0.25) is 0 Å². The number of ether oxygens (including phenoxy) is 1. The molecule has 2 aromatic carbocycles. The van der Waals surface area contributed by atoms with Gasteiger partial charge in [-0.2, -0.15) is 5.10 Å². The topological polar surface area (TPSA) is 62.6 Å². The zero-order valence-electron chi connectivity index (χ0n) is 19.5. The van der Waals surface area contributed by atoms with Crippen molar-refractivity contribution in [2.24, 2.45) is 0 Å². The highest BCUT2D eigenvalue weighted by Crippen LogP contribution is 2.23. The number of nitrogens with zero attached hydrogens (tertiary/aromatic N) is 4. The highest BCUT2D eigenvalue weighted by atomic mass is 16.5. The maximum atomic E-state index is 12.6. The molecule has 1 fully saturated rings. The van der Waals surface area contributed by atoms with Gasteiger partial charge in [-0.05, 0) is 38.1 Å². The summed E-state index contributed by atoms with van der Waals surface area (Å²) < 4.78 is 7.69. The summed E-state index contributed by atoms with van der Waals surface area (Å²) in [4.78, 5) is 17.4. The number of carbonyl (C=O) groups excluding carboxylic acids is 1. The van der Waals surface area contributed by atoms with Crippen LogP contribution in [-0.2, 0) is 4.79 Å². The van der Waals surface area contributed by atoms with Crippen molar-refractivity contribution in [3.05, 3.63) is 72.1 Å². The lowest BCUT2D eigenvalue weighted by molar-refractivity contribution is -0.116. The first-order valence-corrected chi connectivity index (χ1v) is 11.6. The summed E-state index contributed by atoms with van der Waals surface area (Å²) in [5, 5.41) is 7.70. The highest BCUT2D eigenvalue weighted by Gasteiger charge is 2.19. The van der Waals surface area contributed by atoms with E-state index in [0.29, 0.717) is 13.0 Å². The number of carbonyl (C=O) groups is 1. The number of para-hydroxylation sites is 2. The number of rotatable bonds is 9. The number of anilines is 1. The number of piperazine rings is 1. The second-order valence-electron chi connectivity index (χ2n) is 8.44. The van der Waals surface area contributed by atoms with Crippen molar-refractivity contribution in [3.8, 4) is 11.4 Å². The number of aryl methyl sites for hydroxylation is 1. The number of aromatic nitrogens is 2. The van der Waals surface area contributed by atoms with Crippen LogP contribution < -0.4 is 10.1 Å². The molecule has 0 bridgehead atoms. The molecular weight excluding hydrogens is 414 g/mol. The van der Waals surface area contributed by atoms with Gasteiger partial charge in [0, 0.05) is 45.7 Å². The molecule has 1 aliphatic rings. The Kier molecular flexibility index (Phi) is 7.75. The lowest BCUT2D eigenvalue weighted by Crippen LogP contribution is -2.48. The minimum absolute atomic E-state index is 0.0347. The van der Waals surface area contributed by atoms with Gasteiger partial charge in [-0.15, -0.1) is 0 Å². The lowest BCUT2D eigenvalue weighted by Gasteiger charge is -2.34. The summed E-state index contributed by atoms with van der Waals surface area (Å²) in [7, 11) is 0. The molecular formula is C26H33N5O2. The Bertz CT molecular complexity index is 1030. The van der Waals surface area contributed by atoms with Gasteiger partial charge in [0.05, 0.1) is 22.8 Å². The zero-order valence-corrected chi connectivity index (χ0v) is 19.5. The van der Waals surface area contributed by atoms with E-state index in [-0.39, 0.29) is 5.91 Å². The Morgan fingerprint density at radius 2 is 1.52 bits per heavy atom. The quantitative estimate of drug-likeness (QED) is 0.544. The number of nitrogens with one attached hydrogen (secondary N) is 1. The summed E-state index contributed by atoms with van der Waals surface area (Å²) >= 11 is 0. The monoisotopic (exact) mass is 447 g/mol. The fourth-order valence-electron chi connectivity index (χ4n) is 4.15. The summed E-state index contributed by atoms with van der Waals surface area (Å²) in [5.74, 6) is 0.953. The third-order valence-electron chi connectivity index (χ3n) is 6.10. The van der Waals surface area contributed by atoms with Gasteiger partial charge in [0.15, 0.2) is 0 Å². The number of hydrogen-bond acceptors (Lipinski definition) is 5. The number of amides is 1. The van der Waals surface area contributed by atoms with E-state index in [1.54, 1.807) is 0 Å². The highest BCUT2D eigenvalue weighted by molar-refractivity contribution is 5.92. The van der Waals surface area contributed by atoms with Crippen LogP contribution in [0.25, 0.3) is 5.69 Å². The Balaban J connectivity index is 1.19. The van der Waals surface area contributed by atoms with E-state index in [0.717, 1.165) is 67.8 Å². The van der Waals surface area contributed by atoms with Crippen molar-refractivity contribution in [1.82, 2.24) is 19.6 Å². The summed E-state index contributed by atoms with van der Waals surface area (Å²) in [6.07, 6.45) is 0.479. The molecule has 1 amide bonds. The van der Waals surface area contributed by atoms with Crippen LogP contribution >= 0.6 is 0 Å². The molecule has 1 aromatic heterocycles. The second-order valence-corrected chi connectivity index (χ2v) is 8.44. The van der Waals surface area contributed by atoms with E-state index < -0.39 is 0 Å². The Morgan fingerprint density at radius 1 is 0.909 bits per heavy atom. The van der Waals surface area contributed by atoms with Gasteiger partial charge >= 0.3 is 0 Å². The van der Waals surface area contributed by atoms with Gasteiger partial charge in [0.2, 0.25) is 5.91 Å². The molecule has 174 valence electrons. The molecule has 4 rings (SSSR count). The fourth-order valence-corrected chi connectivity index (χ4v) is 4.15. The molecule has 2 heterocycles. The van der Waals surface area contributed by atoms with Gasteiger partial charge in [-0.25, -0.2) is 4.68 Å². The summed E-state index contributed by atoms with van der Waals surface area (Å²) in [5.41, 5.74) is 3.58. The number of hydrogen-bond donors (Lipinski definition) is 1. The van der Waals surface area contributed by atoms with Crippen LogP contribution in [0.15, 0.2) is 60.7 Å². The van der Waals surface area contributed by atoms with Crippen LogP contribution in [0, 0.1) is 13.8 Å². The minimum Gasteiger partial charge on any atom is -0.492 e. The molecule has 0 unspecified atom stereocenters. The van der Waals surface area contributed by atoms with E-state index in [9.17, 15) is 4.79 Å². The molecule has 0 saturated carbocycles. The van der Waals surface area contributed by atoms with E-state index in [2.05, 4.69) is 20.2 Å². The molecule has 0 radical (unpaired) electrons. The molecule has 1 aliphatic heterocycles. The van der Waals surface area contributed by atoms with Crippen LogP contribution in [-0.4, -0.2) is 71.4 Å². The zero-order chi connectivity index (χ0) is 23.0. The van der Waals surface area contributed by atoms with Crippen LogP contribution in [0.4, 0.5) is 5.69 Å². The lowest BCUT2D eigenvalue weighted by atomic mass is 10.2. The van der Waals surface area contributed by atoms with Crippen LogP contribution in [0.5, 0.6) is 5.75 Å². The van der Waals surface area contributed by atoms with E-state index in [4.69, 9.17) is 4.74 Å². The second kappa shape index (κ2) is 11.1. The van der Waals surface area contributed by atoms with E-state index in [1.807, 2.05) is 79.2 Å². The molecule has 0 spiro atoms. The third kappa shape index (κ3) is 6.21. The molecule has 1 N–H and O–H groups in total. The van der Waals surface area contributed by atoms with Crippen molar-refractivity contribution < 1.29 is 9.53 Å². The van der Waals surface area contributed by atoms with Gasteiger partial charge < -0.3 is 15.0 Å². The molecule has 3 aromatic rings. The molecule has 1 saturated heterocycles. The maximum absolute atomic E-state index is 12.6. The van der Waals surface area contributed by atoms with Crippen molar-refractivity contribution in [1.29, 1.82) is 0 Å². The SMILES string of the molecule is Cc1nn(-c2ccccc2)c(C)c1NC(=O)CCN1CCN(CCOc2ccccc2)CC1. The molecule has 7 heteroatoms. The first kappa shape index (κ1) is 23.0. The standard InChI is InChI=1S/C26H33N5O2/c1-21-26(22(2)31(28-21)23-9-5-3-6-10-23)27-25(32)13-14-29-15-17-30(18-16-29)19-20-33-24-11-7-4-8-12-24/h3-12H,13-20H2,1-2H3,(H,27,32). The Hall–Kier alpha value is -3.16. The predicted octanol–water partition coefficient (Wildman–Crippen LogP) is 3.51. The molecule has 0 aliphatic carbocycles. The van der Waals surface area contributed by atoms with E-state index >= 15 is 0 Å². The van der Waals surface area contributed by atoms with Gasteiger partial charge in [-0.1, -0.05) is 36.4 Å². The van der Waals surface area contributed by atoms with Crippen molar-refractivity contribution >= 4 is 11.6 Å².